The third-order valence-electron chi connectivity index (χ3n) is 6.18. The highest BCUT2D eigenvalue weighted by atomic mass is 16.4. The van der Waals surface area contributed by atoms with Gasteiger partial charge in [-0.1, -0.05) is 25.0 Å². The van der Waals surface area contributed by atoms with E-state index in [4.69, 9.17) is 0 Å². The van der Waals surface area contributed by atoms with Crippen LogP contribution in [-0.2, 0) is 16.1 Å². The summed E-state index contributed by atoms with van der Waals surface area (Å²) < 4.78 is 0. The van der Waals surface area contributed by atoms with Crippen LogP contribution in [0.2, 0.25) is 0 Å². The first-order valence-corrected chi connectivity index (χ1v) is 9.25. The Morgan fingerprint density at radius 3 is 2.36 bits per heavy atom. The number of aliphatic carboxylic acids is 1. The molecule has 132 valence electrons. The largest absolute Gasteiger partial charge is 0.481 e. The van der Waals surface area contributed by atoms with Gasteiger partial charge in [-0.15, -0.1) is 0 Å². The minimum atomic E-state index is -0.828. The average Bonchev–Trinajstić information content (AvgIpc) is 3.36. The molecule has 2 bridgehead atoms. The number of allylic oxidation sites excluding steroid dienone is 2. The van der Waals surface area contributed by atoms with E-state index >= 15 is 0 Å². The molecule has 1 N–H and O–H groups in total. The third kappa shape index (κ3) is 2.96. The van der Waals surface area contributed by atoms with Gasteiger partial charge in [0.25, 0.3) is 0 Å². The Morgan fingerprint density at radius 1 is 1.08 bits per heavy atom. The van der Waals surface area contributed by atoms with E-state index in [1.54, 1.807) is 12.4 Å². The highest BCUT2D eigenvalue weighted by Crippen LogP contribution is 2.49. The number of pyridine rings is 1. The second kappa shape index (κ2) is 6.62. The normalized spacial score (nSPS) is 30.7. The molecule has 4 rings (SSSR count). The summed E-state index contributed by atoms with van der Waals surface area (Å²) in [5, 5.41) is 9.68. The zero-order valence-corrected chi connectivity index (χ0v) is 14.3. The van der Waals surface area contributed by atoms with Crippen molar-refractivity contribution in [1.29, 1.82) is 0 Å². The molecule has 5 nitrogen and oxygen atoms in total. The van der Waals surface area contributed by atoms with Gasteiger partial charge in [0.1, 0.15) is 0 Å². The van der Waals surface area contributed by atoms with E-state index in [0.717, 1.165) is 37.7 Å². The SMILES string of the molecule is O=C(O)[C@H]1[C@@H](C(=O)N(Cc2ccncc2)C2CCCC2)[C@@H]2C=C[C@H]1C2. The molecular weight excluding hydrogens is 316 g/mol. The second-order valence-corrected chi connectivity index (χ2v) is 7.60. The van der Waals surface area contributed by atoms with Crippen molar-refractivity contribution in [3.05, 3.63) is 42.2 Å². The maximum atomic E-state index is 13.5. The maximum Gasteiger partial charge on any atom is 0.307 e. The Kier molecular flexibility index (Phi) is 4.32. The van der Waals surface area contributed by atoms with Gasteiger partial charge in [-0.05, 0) is 48.8 Å². The number of fused-ring (bicyclic) bond motifs is 2. The molecule has 0 unspecified atom stereocenters. The van der Waals surface area contributed by atoms with Crippen LogP contribution in [0.4, 0.5) is 0 Å². The Labute approximate surface area is 147 Å². The molecule has 0 aliphatic heterocycles. The number of hydrogen-bond acceptors (Lipinski definition) is 3. The zero-order valence-electron chi connectivity index (χ0n) is 14.3. The fourth-order valence-electron chi connectivity index (χ4n) is 4.97. The van der Waals surface area contributed by atoms with Crippen molar-refractivity contribution >= 4 is 11.9 Å². The standard InChI is InChI=1S/C20H24N2O3/c23-19(17-14-5-6-15(11-14)18(17)20(24)25)22(16-3-1-2-4-16)12-13-7-9-21-10-8-13/h5-10,14-18H,1-4,11-12H2,(H,24,25)/t14-,15+,17+,18-/m1/s1. The van der Waals surface area contributed by atoms with Crippen molar-refractivity contribution in [2.75, 3.05) is 0 Å². The van der Waals surface area contributed by atoms with Crippen molar-refractivity contribution in [1.82, 2.24) is 9.88 Å². The van der Waals surface area contributed by atoms with E-state index < -0.39 is 17.8 Å². The molecule has 4 atom stereocenters. The smallest absolute Gasteiger partial charge is 0.307 e. The van der Waals surface area contributed by atoms with Gasteiger partial charge < -0.3 is 10.0 Å². The topological polar surface area (TPSA) is 70.5 Å². The number of carboxylic acid groups (broad SMARTS) is 1. The van der Waals surface area contributed by atoms with Crippen LogP contribution in [0, 0.1) is 23.7 Å². The minimum absolute atomic E-state index is 0.0165. The molecule has 2 fully saturated rings. The van der Waals surface area contributed by atoms with E-state index in [0.29, 0.717) is 6.54 Å². The molecule has 0 radical (unpaired) electrons. The molecule has 1 heterocycles. The summed E-state index contributed by atoms with van der Waals surface area (Å²) in [7, 11) is 0. The van der Waals surface area contributed by atoms with Crippen molar-refractivity contribution in [2.45, 2.75) is 44.7 Å². The fourth-order valence-corrected chi connectivity index (χ4v) is 4.97. The van der Waals surface area contributed by atoms with Gasteiger partial charge in [-0.25, -0.2) is 0 Å². The van der Waals surface area contributed by atoms with E-state index in [1.165, 1.54) is 0 Å². The van der Waals surface area contributed by atoms with Crippen molar-refractivity contribution < 1.29 is 14.7 Å². The van der Waals surface area contributed by atoms with Gasteiger partial charge in [-0.3, -0.25) is 14.6 Å². The maximum absolute atomic E-state index is 13.5. The number of amides is 1. The van der Waals surface area contributed by atoms with Gasteiger partial charge in [0.15, 0.2) is 0 Å². The van der Waals surface area contributed by atoms with Crippen molar-refractivity contribution in [3.8, 4) is 0 Å². The van der Waals surface area contributed by atoms with E-state index in [1.807, 2.05) is 23.1 Å². The summed E-state index contributed by atoms with van der Waals surface area (Å²) in [6.45, 7) is 0.552. The lowest BCUT2D eigenvalue weighted by Gasteiger charge is -2.35. The first-order chi connectivity index (χ1) is 12.1. The van der Waals surface area contributed by atoms with Crippen LogP contribution < -0.4 is 0 Å². The van der Waals surface area contributed by atoms with Crippen LogP contribution in [-0.4, -0.2) is 32.9 Å². The average molecular weight is 340 g/mol. The van der Waals surface area contributed by atoms with Gasteiger partial charge in [0, 0.05) is 25.0 Å². The predicted molar refractivity (Wildman–Crippen MR) is 92.4 cm³/mol. The van der Waals surface area contributed by atoms with Crippen LogP contribution in [0.15, 0.2) is 36.7 Å². The van der Waals surface area contributed by atoms with Gasteiger partial charge in [0.05, 0.1) is 11.8 Å². The Hall–Kier alpha value is -2.17. The Morgan fingerprint density at radius 2 is 1.72 bits per heavy atom. The molecule has 0 aromatic carbocycles. The first-order valence-electron chi connectivity index (χ1n) is 9.25. The number of carbonyl (C=O) groups is 2. The second-order valence-electron chi connectivity index (χ2n) is 7.60. The van der Waals surface area contributed by atoms with E-state index in [2.05, 4.69) is 11.1 Å². The number of carbonyl (C=O) groups excluding carboxylic acids is 1. The summed E-state index contributed by atoms with van der Waals surface area (Å²) in [6, 6.07) is 4.10. The lowest BCUT2D eigenvalue weighted by Crippen LogP contribution is -2.46. The number of rotatable bonds is 5. The molecule has 0 spiro atoms. The van der Waals surface area contributed by atoms with Crippen LogP contribution in [0.1, 0.15) is 37.7 Å². The molecule has 2 saturated carbocycles. The lowest BCUT2D eigenvalue weighted by atomic mass is 9.81. The van der Waals surface area contributed by atoms with Crippen LogP contribution in [0.25, 0.3) is 0 Å². The molecule has 0 saturated heterocycles. The summed E-state index contributed by atoms with van der Waals surface area (Å²) >= 11 is 0. The number of carboxylic acids is 1. The van der Waals surface area contributed by atoms with E-state index in [-0.39, 0.29) is 23.8 Å². The minimum Gasteiger partial charge on any atom is -0.481 e. The summed E-state index contributed by atoms with van der Waals surface area (Å²) in [6.07, 6.45) is 12.7. The van der Waals surface area contributed by atoms with E-state index in [9.17, 15) is 14.7 Å². The highest BCUT2D eigenvalue weighted by Gasteiger charge is 2.53. The zero-order chi connectivity index (χ0) is 17.4. The molecular formula is C20H24N2O3. The molecule has 5 heteroatoms. The number of aromatic nitrogens is 1. The van der Waals surface area contributed by atoms with Crippen LogP contribution in [0.5, 0.6) is 0 Å². The molecule has 3 aliphatic carbocycles. The Balaban J connectivity index is 1.61. The van der Waals surface area contributed by atoms with Gasteiger partial charge in [-0.2, -0.15) is 0 Å². The fraction of sp³-hybridized carbons (Fsp3) is 0.550. The monoisotopic (exact) mass is 340 g/mol. The van der Waals surface area contributed by atoms with Crippen LogP contribution >= 0.6 is 0 Å². The van der Waals surface area contributed by atoms with Gasteiger partial charge >= 0.3 is 5.97 Å². The molecule has 25 heavy (non-hydrogen) atoms. The molecule has 1 aromatic rings. The predicted octanol–water partition coefficient (Wildman–Crippen LogP) is 2.88. The molecule has 3 aliphatic rings. The van der Waals surface area contributed by atoms with Gasteiger partial charge in [0.2, 0.25) is 5.91 Å². The summed E-state index contributed by atoms with van der Waals surface area (Å²) in [5.74, 6) is -1.67. The summed E-state index contributed by atoms with van der Waals surface area (Å²) in [4.78, 5) is 31.3. The quantitative estimate of drug-likeness (QED) is 0.837. The number of nitrogens with zero attached hydrogens (tertiary/aromatic N) is 2. The summed E-state index contributed by atoms with van der Waals surface area (Å²) in [5.41, 5.74) is 1.06. The number of hydrogen-bond donors (Lipinski definition) is 1. The van der Waals surface area contributed by atoms with Crippen LogP contribution in [0.3, 0.4) is 0 Å². The molecule has 1 aromatic heterocycles. The third-order valence-corrected chi connectivity index (χ3v) is 6.18. The first kappa shape index (κ1) is 16.3. The molecule has 1 amide bonds. The highest BCUT2D eigenvalue weighted by molar-refractivity contribution is 5.87. The van der Waals surface area contributed by atoms with Crippen molar-refractivity contribution in [2.24, 2.45) is 23.7 Å². The van der Waals surface area contributed by atoms with Crippen molar-refractivity contribution in [3.63, 3.8) is 0 Å². The lowest BCUT2D eigenvalue weighted by molar-refractivity contribution is -0.152. The Bertz CT molecular complexity index is 681.